The molecule has 27 heavy (non-hydrogen) atoms. The molecule has 0 spiro atoms. The molecule has 0 fully saturated rings. The fraction of sp³-hybridized carbons (Fsp3) is 0.238. The Morgan fingerprint density at radius 3 is 2.70 bits per heavy atom. The second-order valence-electron chi connectivity index (χ2n) is 6.21. The van der Waals surface area contributed by atoms with Crippen LogP contribution in [0.1, 0.15) is 32.9 Å². The van der Waals surface area contributed by atoms with Crippen molar-refractivity contribution in [1.29, 1.82) is 0 Å². The second-order valence-corrected chi connectivity index (χ2v) is 6.21. The van der Waals surface area contributed by atoms with Crippen LogP contribution in [0.25, 0.3) is 0 Å². The van der Waals surface area contributed by atoms with Crippen LogP contribution in [-0.2, 0) is 13.2 Å². The van der Waals surface area contributed by atoms with Crippen LogP contribution in [-0.4, -0.2) is 18.2 Å². The van der Waals surface area contributed by atoms with Crippen LogP contribution >= 0.6 is 0 Å². The maximum Gasteiger partial charge on any atom is 0.273 e. The van der Waals surface area contributed by atoms with Crippen molar-refractivity contribution in [1.82, 2.24) is 10.5 Å². The van der Waals surface area contributed by atoms with Gasteiger partial charge in [0.2, 0.25) is 0 Å². The van der Waals surface area contributed by atoms with Crippen molar-refractivity contribution < 1.29 is 18.8 Å². The van der Waals surface area contributed by atoms with E-state index in [1.54, 1.807) is 13.2 Å². The topological polar surface area (TPSA) is 73.6 Å². The van der Waals surface area contributed by atoms with E-state index in [0.29, 0.717) is 12.3 Å². The molecule has 0 atom stereocenters. The van der Waals surface area contributed by atoms with Crippen molar-refractivity contribution in [3.63, 3.8) is 0 Å². The highest BCUT2D eigenvalue weighted by Gasteiger charge is 2.13. The van der Waals surface area contributed by atoms with Gasteiger partial charge in [0.15, 0.2) is 11.5 Å². The number of nitrogens with one attached hydrogen (secondary N) is 1. The summed E-state index contributed by atoms with van der Waals surface area (Å²) >= 11 is 0. The zero-order valence-electron chi connectivity index (χ0n) is 15.6. The van der Waals surface area contributed by atoms with Crippen LogP contribution in [0.5, 0.6) is 11.5 Å². The highest BCUT2D eigenvalue weighted by Crippen LogP contribution is 2.19. The number of para-hydroxylation sites is 1. The first-order chi connectivity index (χ1) is 13.1. The van der Waals surface area contributed by atoms with Crippen molar-refractivity contribution in [2.24, 2.45) is 0 Å². The molecular formula is C21H22N2O4. The van der Waals surface area contributed by atoms with Crippen molar-refractivity contribution in [2.75, 3.05) is 7.11 Å². The van der Waals surface area contributed by atoms with Gasteiger partial charge in [-0.3, -0.25) is 4.79 Å². The summed E-state index contributed by atoms with van der Waals surface area (Å²) in [6.45, 7) is 4.62. The molecule has 0 aliphatic heterocycles. The predicted molar refractivity (Wildman–Crippen MR) is 101 cm³/mol. The average molecular weight is 366 g/mol. The van der Waals surface area contributed by atoms with Gasteiger partial charge in [-0.2, -0.15) is 0 Å². The minimum Gasteiger partial charge on any atom is -0.496 e. The summed E-state index contributed by atoms with van der Waals surface area (Å²) in [5.74, 6) is 1.63. The molecule has 0 saturated heterocycles. The van der Waals surface area contributed by atoms with E-state index in [4.69, 9.17) is 14.0 Å². The highest BCUT2D eigenvalue weighted by molar-refractivity contribution is 5.92. The number of methoxy groups -OCH3 is 1. The number of amides is 1. The van der Waals surface area contributed by atoms with E-state index in [1.807, 2.05) is 56.3 Å². The molecule has 6 heteroatoms. The van der Waals surface area contributed by atoms with Gasteiger partial charge >= 0.3 is 0 Å². The van der Waals surface area contributed by atoms with Gasteiger partial charge in [0.05, 0.1) is 7.11 Å². The molecule has 1 N–H and O–H groups in total. The van der Waals surface area contributed by atoms with Gasteiger partial charge in [-0.05, 0) is 43.2 Å². The van der Waals surface area contributed by atoms with E-state index in [-0.39, 0.29) is 18.2 Å². The third kappa shape index (κ3) is 4.67. The summed E-state index contributed by atoms with van der Waals surface area (Å²) in [5, 5.41) is 6.63. The Balaban J connectivity index is 1.56. The maximum absolute atomic E-state index is 12.3. The maximum atomic E-state index is 12.3. The van der Waals surface area contributed by atoms with Crippen molar-refractivity contribution in [3.8, 4) is 11.5 Å². The SMILES string of the molecule is COc1ccccc1CNC(=O)c1cc(COc2ccc(C)c(C)c2)on1. The van der Waals surface area contributed by atoms with E-state index in [2.05, 4.69) is 10.5 Å². The number of ether oxygens (including phenoxy) is 2. The number of carbonyl (C=O) groups is 1. The van der Waals surface area contributed by atoms with Crippen molar-refractivity contribution in [3.05, 3.63) is 76.7 Å². The first kappa shape index (κ1) is 18.5. The first-order valence-corrected chi connectivity index (χ1v) is 8.62. The lowest BCUT2D eigenvalue weighted by atomic mass is 10.1. The molecule has 1 amide bonds. The zero-order valence-corrected chi connectivity index (χ0v) is 15.6. The number of rotatable bonds is 7. The van der Waals surface area contributed by atoms with Crippen LogP contribution in [0, 0.1) is 13.8 Å². The van der Waals surface area contributed by atoms with Gasteiger partial charge in [-0.25, -0.2) is 0 Å². The number of hydrogen-bond acceptors (Lipinski definition) is 5. The summed E-state index contributed by atoms with van der Waals surface area (Å²) < 4.78 is 16.2. The first-order valence-electron chi connectivity index (χ1n) is 8.62. The zero-order chi connectivity index (χ0) is 19.2. The van der Waals surface area contributed by atoms with Gasteiger partial charge in [0.25, 0.3) is 5.91 Å². The number of benzene rings is 2. The van der Waals surface area contributed by atoms with Crippen molar-refractivity contribution in [2.45, 2.75) is 27.0 Å². The lowest BCUT2D eigenvalue weighted by Gasteiger charge is -2.08. The van der Waals surface area contributed by atoms with Crippen LogP contribution in [0.2, 0.25) is 0 Å². The van der Waals surface area contributed by atoms with Crippen LogP contribution in [0.4, 0.5) is 0 Å². The molecule has 0 saturated carbocycles. The highest BCUT2D eigenvalue weighted by atomic mass is 16.5. The number of nitrogens with zero attached hydrogens (tertiary/aromatic N) is 1. The largest absolute Gasteiger partial charge is 0.496 e. The Morgan fingerprint density at radius 1 is 1.11 bits per heavy atom. The second kappa shape index (κ2) is 8.40. The van der Waals surface area contributed by atoms with Crippen LogP contribution in [0.3, 0.4) is 0 Å². The molecule has 1 aromatic heterocycles. The molecule has 140 valence electrons. The van der Waals surface area contributed by atoms with E-state index >= 15 is 0 Å². The minimum absolute atomic E-state index is 0.204. The summed E-state index contributed by atoms with van der Waals surface area (Å²) in [6, 6.07) is 15.0. The Labute approximate surface area is 158 Å². The molecule has 0 bridgehead atoms. The van der Waals surface area contributed by atoms with Crippen molar-refractivity contribution >= 4 is 5.91 Å². The number of aryl methyl sites for hydroxylation is 2. The lowest BCUT2D eigenvalue weighted by Crippen LogP contribution is -2.23. The number of aromatic nitrogens is 1. The fourth-order valence-electron chi connectivity index (χ4n) is 2.56. The predicted octanol–water partition coefficient (Wildman–Crippen LogP) is 3.81. The molecule has 0 aliphatic rings. The van der Waals surface area contributed by atoms with E-state index < -0.39 is 0 Å². The van der Waals surface area contributed by atoms with E-state index in [9.17, 15) is 4.79 Å². The van der Waals surface area contributed by atoms with Gasteiger partial charge in [0, 0.05) is 18.2 Å². The fourth-order valence-corrected chi connectivity index (χ4v) is 2.56. The summed E-state index contributed by atoms with van der Waals surface area (Å²) in [4.78, 5) is 12.3. The molecule has 6 nitrogen and oxygen atoms in total. The Morgan fingerprint density at radius 2 is 1.93 bits per heavy atom. The summed E-state index contributed by atoms with van der Waals surface area (Å²) in [5.41, 5.74) is 3.45. The van der Waals surface area contributed by atoms with Crippen LogP contribution in [0.15, 0.2) is 53.1 Å². The Hall–Kier alpha value is -3.28. The standard InChI is InChI=1S/C21H22N2O4/c1-14-8-9-17(10-15(14)2)26-13-18-11-19(23-27-18)21(24)22-12-16-6-4-5-7-20(16)25-3/h4-11H,12-13H2,1-3H3,(H,22,24). The van der Waals surface area contributed by atoms with Gasteiger partial charge in [-0.15, -0.1) is 0 Å². The lowest BCUT2D eigenvalue weighted by molar-refractivity contribution is 0.0941. The summed E-state index contributed by atoms with van der Waals surface area (Å²) in [7, 11) is 1.60. The molecular weight excluding hydrogens is 344 g/mol. The molecule has 0 radical (unpaired) electrons. The van der Waals surface area contributed by atoms with Crippen LogP contribution < -0.4 is 14.8 Å². The molecule has 3 rings (SSSR count). The Kier molecular flexibility index (Phi) is 5.76. The molecule has 2 aromatic carbocycles. The third-order valence-electron chi connectivity index (χ3n) is 4.28. The molecule has 3 aromatic rings. The van der Waals surface area contributed by atoms with Gasteiger partial charge in [-0.1, -0.05) is 29.4 Å². The summed E-state index contributed by atoms with van der Waals surface area (Å²) in [6.07, 6.45) is 0. The molecule has 1 heterocycles. The number of hydrogen-bond donors (Lipinski definition) is 1. The third-order valence-corrected chi connectivity index (χ3v) is 4.28. The smallest absolute Gasteiger partial charge is 0.273 e. The quantitative estimate of drug-likeness (QED) is 0.688. The monoisotopic (exact) mass is 366 g/mol. The van der Waals surface area contributed by atoms with Gasteiger partial charge < -0.3 is 19.3 Å². The molecule has 0 aliphatic carbocycles. The minimum atomic E-state index is -0.318. The molecule has 0 unspecified atom stereocenters. The number of carbonyl (C=O) groups excluding carboxylic acids is 1. The van der Waals surface area contributed by atoms with Gasteiger partial charge in [0.1, 0.15) is 18.1 Å². The van der Waals surface area contributed by atoms with E-state index in [1.165, 1.54) is 5.56 Å². The normalized spacial score (nSPS) is 10.5. The Bertz CT molecular complexity index is 933. The average Bonchev–Trinajstić information content (AvgIpc) is 3.16. The van der Waals surface area contributed by atoms with E-state index in [0.717, 1.165) is 22.6 Å².